The molecule has 8 bridgehead atoms. The Hall–Kier alpha value is -6.54. The molecule has 5 aliphatic heterocycles. The monoisotopic (exact) mass is 656 g/mol. The standard InChI is InChI=1S/C44H29BN4O2/c50-45(51)42-37-27-35-24-22-33(47-35)25-32-21-23-34(46-32)26-36-38(28-13-5-1-6-14-28)39(29-15-7-2-8-16-29)43(48-36)41(31-19-11-4-12-20-31)44(49-37)40(42)30-17-9-3-10-18-30/h1-27,50-51H. The zero-order valence-corrected chi connectivity index (χ0v) is 27.3. The van der Waals surface area contributed by atoms with Crippen molar-refractivity contribution in [2.24, 2.45) is 20.0 Å². The van der Waals surface area contributed by atoms with Gasteiger partial charge in [-0.3, -0.25) is 0 Å². The first-order valence-electron chi connectivity index (χ1n) is 16.8. The van der Waals surface area contributed by atoms with E-state index in [-0.39, 0.29) is 0 Å². The Morgan fingerprint density at radius 1 is 0.412 bits per heavy atom. The lowest BCUT2D eigenvalue weighted by Gasteiger charge is -2.18. The van der Waals surface area contributed by atoms with E-state index in [0.717, 1.165) is 67.5 Å². The van der Waals surface area contributed by atoms with E-state index < -0.39 is 7.12 Å². The molecule has 6 nitrogen and oxygen atoms in total. The highest BCUT2D eigenvalue weighted by Gasteiger charge is 2.38. The Kier molecular flexibility index (Phi) is 7.62. The fourth-order valence-electron chi connectivity index (χ4n) is 7.02. The van der Waals surface area contributed by atoms with Crippen molar-refractivity contribution < 1.29 is 10.0 Å². The molecule has 0 unspecified atom stereocenters. The van der Waals surface area contributed by atoms with Gasteiger partial charge in [-0.25, -0.2) is 20.0 Å². The fourth-order valence-corrected chi connectivity index (χ4v) is 7.02. The molecular formula is C44H29BN4O2. The van der Waals surface area contributed by atoms with Crippen molar-refractivity contribution in [3.05, 3.63) is 214 Å². The number of nitrogens with zero attached hydrogens (tertiary/aromatic N) is 4. The summed E-state index contributed by atoms with van der Waals surface area (Å²) in [5.74, 6) is 0. The van der Waals surface area contributed by atoms with Gasteiger partial charge in [0.15, 0.2) is 0 Å². The van der Waals surface area contributed by atoms with Crippen molar-refractivity contribution in [2.75, 3.05) is 0 Å². The maximum atomic E-state index is 11.1. The quantitative estimate of drug-likeness (QED) is 0.213. The molecule has 0 amide bonds. The highest BCUT2D eigenvalue weighted by atomic mass is 16.4. The van der Waals surface area contributed by atoms with E-state index in [2.05, 4.69) is 36.4 Å². The molecular weight excluding hydrogens is 627 g/mol. The summed E-state index contributed by atoms with van der Waals surface area (Å²) in [6.07, 6.45) is 13.6. The van der Waals surface area contributed by atoms with Crippen molar-refractivity contribution in [3.63, 3.8) is 0 Å². The second-order valence-electron chi connectivity index (χ2n) is 12.5. The van der Waals surface area contributed by atoms with Crippen LogP contribution in [0, 0.1) is 0 Å². The van der Waals surface area contributed by atoms with Gasteiger partial charge in [-0.1, -0.05) is 121 Å². The van der Waals surface area contributed by atoms with E-state index >= 15 is 0 Å². The van der Waals surface area contributed by atoms with Crippen LogP contribution in [0.25, 0.3) is 22.3 Å². The predicted molar refractivity (Wildman–Crippen MR) is 209 cm³/mol. The summed E-state index contributed by atoms with van der Waals surface area (Å²) in [4.78, 5) is 20.6. The molecule has 2 N–H and O–H groups in total. The van der Waals surface area contributed by atoms with Crippen LogP contribution >= 0.6 is 0 Å². The van der Waals surface area contributed by atoms with E-state index in [0.29, 0.717) is 28.2 Å². The molecule has 0 aromatic heterocycles. The maximum Gasteiger partial charge on any atom is 0.491 e. The molecule has 5 aliphatic rings. The average molecular weight is 657 g/mol. The third-order valence-corrected chi connectivity index (χ3v) is 9.20. The smallest absolute Gasteiger partial charge is 0.423 e. The molecule has 7 heteroatoms. The number of allylic oxidation sites excluding steroid dienone is 12. The van der Waals surface area contributed by atoms with Gasteiger partial charge in [-0.15, -0.1) is 0 Å². The third-order valence-electron chi connectivity index (χ3n) is 9.20. The summed E-state index contributed by atoms with van der Waals surface area (Å²) < 4.78 is 0. The molecule has 4 aromatic carbocycles. The van der Waals surface area contributed by atoms with Gasteiger partial charge < -0.3 is 10.0 Å². The Balaban J connectivity index is 1.46. The summed E-state index contributed by atoms with van der Waals surface area (Å²) in [6.45, 7) is 0. The van der Waals surface area contributed by atoms with Crippen molar-refractivity contribution >= 4 is 52.3 Å². The summed E-state index contributed by atoms with van der Waals surface area (Å²) in [7, 11) is -1.82. The molecule has 0 spiro atoms. The molecule has 0 atom stereocenters. The number of fused-ring (bicyclic) bond motifs is 4. The number of aliphatic imine (C=N–C) groups is 4. The van der Waals surface area contributed by atoms with E-state index in [4.69, 9.17) is 20.0 Å². The van der Waals surface area contributed by atoms with E-state index in [1.165, 1.54) is 0 Å². The lowest BCUT2D eigenvalue weighted by Crippen LogP contribution is -2.18. The van der Waals surface area contributed by atoms with Crippen molar-refractivity contribution in [2.45, 2.75) is 0 Å². The summed E-state index contributed by atoms with van der Waals surface area (Å²) in [5, 5.41) is 22.2. The number of benzene rings is 4. The Bertz CT molecular complexity index is 2490. The van der Waals surface area contributed by atoms with Crippen LogP contribution in [0.4, 0.5) is 0 Å². The molecule has 5 heterocycles. The van der Waals surface area contributed by atoms with Crippen molar-refractivity contribution in [1.82, 2.24) is 0 Å². The average Bonchev–Trinajstić information content (AvgIpc) is 3.96. The summed E-state index contributed by atoms with van der Waals surface area (Å²) >= 11 is 0. The Morgan fingerprint density at radius 2 is 0.882 bits per heavy atom. The van der Waals surface area contributed by atoms with E-state index in [1.54, 1.807) is 0 Å². The van der Waals surface area contributed by atoms with E-state index in [9.17, 15) is 10.0 Å². The minimum absolute atomic E-state index is 0.298. The van der Waals surface area contributed by atoms with Crippen LogP contribution in [0.2, 0.25) is 0 Å². The molecule has 51 heavy (non-hydrogen) atoms. The van der Waals surface area contributed by atoms with Gasteiger partial charge in [0, 0.05) is 27.8 Å². The minimum Gasteiger partial charge on any atom is -0.423 e. The van der Waals surface area contributed by atoms with Gasteiger partial charge in [0.1, 0.15) is 0 Å². The zero-order chi connectivity index (χ0) is 34.3. The highest BCUT2D eigenvalue weighted by Crippen LogP contribution is 2.47. The molecule has 0 saturated heterocycles. The highest BCUT2D eigenvalue weighted by molar-refractivity contribution is 6.62. The lowest BCUT2D eigenvalue weighted by atomic mass is 9.72. The number of hydrogen-bond acceptors (Lipinski definition) is 6. The topological polar surface area (TPSA) is 89.9 Å². The van der Waals surface area contributed by atoms with Gasteiger partial charge in [0.25, 0.3) is 0 Å². The first kappa shape index (κ1) is 30.5. The second kappa shape index (κ2) is 12.7. The molecule has 0 fully saturated rings. The first-order chi connectivity index (χ1) is 25.1. The van der Waals surface area contributed by atoms with Crippen LogP contribution in [0.1, 0.15) is 22.3 Å². The van der Waals surface area contributed by atoms with Crippen LogP contribution in [-0.4, -0.2) is 40.0 Å². The zero-order valence-electron chi connectivity index (χ0n) is 27.3. The molecule has 0 radical (unpaired) electrons. The fraction of sp³-hybridized carbons (Fsp3) is 0. The largest absolute Gasteiger partial charge is 0.491 e. The molecule has 0 aliphatic carbocycles. The van der Waals surface area contributed by atoms with Crippen molar-refractivity contribution in [1.29, 1.82) is 0 Å². The van der Waals surface area contributed by atoms with Gasteiger partial charge in [-0.05, 0) is 64.8 Å². The van der Waals surface area contributed by atoms with Gasteiger partial charge >= 0.3 is 7.12 Å². The van der Waals surface area contributed by atoms with Crippen LogP contribution in [0.15, 0.2) is 212 Å². The van der Waals surface area contributed by atoms with E-state index in [1.807, 2.05) is 127 Å². The third kappa shape index (κ3) is 5.61. The Labute approximate surface area is 295 Å². The molecule has 240 valence electrons. The molecule has 0 saturated carbocycles. The predicted octanol–water partition coefficient (Wildman–Crippen LogP) is 8.07. The van der Waals surface area contributed by atoms with Gasteiger partial charge in [0.2, 0.25) is 0 Å². The van der Waals surface area contributed by atoms with Crippen LogP contribution in [-0.2, 0) is 0 Å². The maximum absolute atomic E-state index is 11.1. The minimum atomic E-state index is -1.82. The van der Waals surface area contributed by atoms with Crippen LogP contribution < -0.4 is 0 Å². The normalized spacial score (nSPS) is 17.6. The lowest BCUT2D eigenvalue weighted by molar-refractivity contribution is 0.420. The summed E-state index contributed by atoms with van der Waals surface area (Å²) in [5.41, 5.74) is 12.7. The van der Waals surface area contributed by atoms with Gasteiger partial charge in [-0.2, -0.15) is 0 Å². The summed E-state index contributed by atoms with van der Waals surface area (Å²) in [6, 6.07) is 40.4. The second-order valence-corrected chi connectivity index (χ2v) is 12.5. The number of rotatable bonds is 5. The molecule has 4 aromatic rings. The SMILES string of the molecule is OB(O)C1=C(c2ccccc2)C2=NC1=CC1=NC(=CC3=NC(=CC4=NC(=C2c2ccccc2)C(c2ccccc2)=C4c2ccccc2)C=C3)C=C1. The van der Waals surface area contributed by atoms with Crippen LogP contribution in [0.5, 0.6) is 0 Å². The molecule has 9 rings (SSSR count). The number of hydrogen-bond donors (Lipinski definition) is 2. The van der Waals surface area contributed by atoms with Crippen molar-refractivity contribution in [3.8, 4) is 0 Å². The Morgan fingerprint density at radius 3 is 1.43 bits per heavy atom. The first-order valence-corrected chi connectivity index (χ1v) is 16.8. The van der Waals surface area contributed by atoms with Crippen LogP contribution in [0.3, 0.4) is 0 Å². The van der Waals surface area contributed by atoms with Gasteiger partial charge in [0.05, 0.1) is 45.6 Å².